The van der Waals surface area contributed by atoms with Gasteiger partial charge in [0.05, 0.1) is 10.7 Å². The van der Waals surface area contributed by atoms with Gasteiger partial charge in [0.2, 0.25) is 5.91 Å². The third kappa shape index (κ3) is 2.02. The first-order valence-corrected chi connectivity index (χ1v) is 5.85. The second-order valence-corrected chi connectivity index (χ2v) is 4.52. The predicted molar refractivity (Wildman–Crippen MR) is 62.6 cm³/mol. The fraction of sp³-hybridized carbons (Fsp3) is 0.364. The Morgan fingerprint density at radius 1 is 1.50 bits per heavy atom. The first kappa shape index (κ1) is 11.7. The van der Waals surface area contributed by atoms with Crippen LogP contribution in [-0.4, -0.2) is 18.3 Å². The van der Waals surface area contributed by atoms with Crippen LogP contribution in [0.1, 0.15) is 6.42 Å². The van der Waals surface area contributed by atoms with E-state index in [1.54, 1.807) is 12.1 Å². The van der Waals surface area contributed by atoms with E-state index in [2.05, 4.69) is 0 Å². The number of alkyl halides is 1. The summed E-state index contributed by atoms with van der Waals surface area (Å²) in [5, 5.41) is 0.0274. The molecule has 0 radical (unpaired) electrons. The zero-order valence-electron chi connectivity index (χ0n) is 8.42. The molecule has 1 aliphatic heterocycles. The van der Waals surface area contributed by atoms with Gasteiger partial charge in [0.1, 0.15) is 0 Å². The van der Waals surface area contributed by atoms with Crippen molar-refractivity contribution in [3.05, 3.63) is 29.0 Å². The summed E-state index contributed by atoms with van der Waals surface area (Å²) in [5.74, 6) is -0.156. The van der Waals surface area contributed by atoms with Crippen LogP contribution >= 0.6 is 23.2 Å². The molecule has 1 amide bonds. The number of rotatable bonds is 2. The number of nitrogens with zero attached hydrogens (tertiary/aromatic N) is 1. The third-order valence-corrected chi connectivity index (χ3v) is 3.37. The minimum absolute atomic E-state index is 0.0274. The van der Waals surface area contributed by atoms with Crippen LogP contribution in [0.4, 0.5) is 10.1 Å². The molecule has 1 aromatic rings. The highest BCUT2D eigenvalue weighted by molar-refractivity contribution is 6.31. The van der Waals surface area contributed by atoms with Crippen LogP contribution in [0, 0.1) is 11.7 Å². The van der Waals surface area contributed by atoms with Gasteiger partial charge in [-0.05, 0) is 18.1 Å². The maximum atomic E-state index is 13.7. The van der Waals surface area contributed by atoms with Crippen molar-refractivity contribution in [2.24, 2.45) is 5.92 Å². The monoisotopic (exact) mass is 261 g/mol. The molecule has 1 saturated heterocycles. The summed E-state index contributed by atoms with van der Waals surface area (Å²) in [6, 6.07) is 4.64. The van der Waals surface area contributed by atoms with E-state index < -0.39 is 5.82 Å². The molecular weight excluding hydrogens is 252 g/mol. The summed E-state index contributed by atoms with van der Waals surface area (Å²) in [5.41, 5.74) is 0.241. The highest BCUT2D eigenvalue weighted by Crippen LogP contribution is 2.30. The summed E-state index contributed by atoms with van der Waals surface area (Å²) in [4.78, 5) is 13.1. The van der Waals surface area contributed by atoms with Gasteiger partial charge in [0.15, 0.2) is 5.82 Å². The molecule has 0 saturated carbocycles. The molecule has 1 fully saturated rings. The second kappa shape index (κ2) is 4.60. The molecule has 1 heterocycles. The smallest absolute Gasteiger partial charge is 0.227 e. The molecule has 1 atom stereocenters. The summed E-state index contributed by atoms with van der Waals surface area (Å²) >= 11 is 11.4. The summed E-state index contributed by atoms with van der Waals surface area (Å²) < 4.78 is 13.7. The van der Waals surface area contributed by atoms with Gasteiger partial charge in [-0.3, -0.25) is 4.79 Å². The summed E-state index contributed by atoms with van der Waals surface area (Å²) in [6.07, 6.45) is 0.370. The zero-order valence-corrected chi connectivity index (χ0v) is 9.93. The number of halogens is 3. The van der Waals surface area contributed by atoms with Crippen LogP contribution in [0.15, 0.2) is 18.2 Å². The second-order valence-electron chi connectivity index (χ2n) is 3.80. The van der Waals surface area contributed by atoms with Crippen LogP contribution in [-0.2, 0) is 4.79 Å². The van der Waals surface area contributed by atoms with E-state index in [1.807, 2.05) is 0 Å². The molecule has 1 aromatic carbocycles. The van der Waals surface area contributed by atoms with Gasteiger partial charge in [0, 0.05) is 18.8 Å². The fourth-order valence-electron chi connectivity index (χ4n) is 1.82. The average Bonchev–Trinajstić information content (AvgIpc) is 2.64. The van der Waals surface area contributed by atoms with E-state index in [4.69, 9.17) is 23.2 Å². The van der Waals surface area contributed by atoms with E-state index in [9.17, 15) is 9.18 Å². The SMILES string of the molecule is O=C1CC(CCl)CN1c1cccc(Cl)c1F. The molecular formula is C11H10Cl2FNO. The number of anilines is 1. The van der Waals surface area contributed by atoms with Crippen molar-refractivity contribution in [1.29, 1.82) is 0 Å². The lowest BCUT2D eigenvalue weighted by Gasteiger charge is -2.17. The van der Waals surface area contributed by atoms with Crippen molar-refractivity contribution < 1.29 is 9.18 Å². The highest BCUT2D eigenvalue weighted by Gasteiger charge is 2.31. The molecule has 2 nitrogen and oxygen atoms in total. The Hall–Kier alpha value is -0.800. The molecule has 0 bridgehead atoms. The largest absolute Gasteiger partial charge is 0.309 e. The maximum Gasteiger partial charge on any atom is 0.227 e. The standard InChI is InChI=1S/C11H10Cl2FNO/c12-5-7-4-10(16)15(6-7)9-3-1-2-8(13)11(9)14/h1-3,7H,4-6H2. The normalized spacial score (nSPS) is 20.6. The van der Waals surface area contributed by atoms with Gasteiger partial charge in [-0.1, -0.05) is 17.7 Å². The van der Waals surface area contributed by atoms with Crippen molar-refractivity contribution in [2.75, 3.05) is 17.3 Å². The van der Waals surface area contributed by atoms with E-state index >= 15 is 0 Å². The third-order valence-electron chi connectivity index (χ3n) is 2.65. The van der Waals surface area contributed by atoms with Gasteiger partial charge in [-0.25, -0.2) is 4.39 Å². The molecule has 2 rings (SSSR count). The molecule has 0 aliphatic carbocycles. The first-order chi connectivity index (χ1) is 7.63. The molecule has 86 valence electrons. The quantitative estimate of drug-likeness (QED) is 0.750. The number of hydrogen-bond donors (Lipinski definition) is 0. The maximum absolute atomic E-state index is 13.7. The average molecular weight is 262 g/mol. The van der Waals surface area contributed by atoms with Crippen molar-refractivity contribution in [3.8, 4) is 0 Å². The Kier molecular flexibility index (Phi) is 3.36. The highest BCUT2D eigenvalue weighted by atomic mass is 35.5. The van der Waals surface area contributed by atoms with Crippen LogP contribution < -0.4 is 4.90 Å². The number of hydrogen-bond acceptors (Lipinski definition) is 1. The minimum atomic E-state index is -0.548. The Balaban J connectivity index is 2.31. The number of benzene rings is 1. The zero-order chi connectivity index (χ0) is 11.7. The fourth-order valence-corrected chi connectivity index (χ4v) is 2.19. The molecule has 0 aromatic heterocycles. The lowest BCUT2D eigenvalue weighted by Crippen LogP contribution is -2.25. The van der Waals surface area contributed by atoms with E-state index in [1.165, 1.54) is 11.0 Å². The van der Waals surface area contributed by atoms with Crippen molar-refractivity contribution in [3.63, 3.8) is 0 Å². The Morgan fingerprint density at radius 2 is 2.25 bits per heavy atom. The van der Waals surface area contributed by atoms with Gasteiger partial charge in [-0.15, -0.1) is 11.6 Å². The van der Waals surface area contributed by atoms with Crippen molar-refractivity contribution >= 4 is 34.8 Å². The summed E-state index contributed by atoms with van der Waals surface area (Å²) in [7, 11) is 0. The Bertz CT molecular complexity index is 424. The minimum Gasteiger partial charge on any atom is -0.309 e. The van der Waals surface area contributed by atoms with Gasteiger partial charge in [0.25, 0.3) is 0 Å². The van der Waals surface area contributed by atoms with Crippen molar-refractivity contribution in [1.82, 2.24) is 0 Å². The molecule has 0 N–H and O–H groups in total. The van der Waals surface area contributed by atoms with Gasteiger partial charge in [-0.2, -0.15) is 0 Å². The lowest BCUT2D eigenvalue weighted by atomic mass is 10.1. The van der Waals surface area contributed by atoms with E-state index in [-0.39, 0.29) is 22.5 Å². The lowest BCUT2D eigenvalue weighted by molar-refractivity contribution is -0.117. The Morgan fingerprint density at radius 3 is 2.88 bits per heavy atom. The molecule has 5 heteroatoms. The predicted octanol–water partition coefficient (Wildman–Crippen LogP) is 3.07. The molecule has 1 unspecified atom stereocenters. The number of amides is 1. The number of carbonyl (C=O) groups is 1. The van der Waals surface area contributed by atoms with Crippen molar-refractivity contribution in [2.45, 2.75) is 6.42 Å². The summed E-state index contributed by atoms with van der Waals surface area (Å²) in [6.45, 7) is 0.458. The van der Waals surface area contributed by atoms with Crippen LogP contribution in [0.5, 0.6) is 0 Å². The van der Waals surface area contributed by atoms with Gasteiger partial charge < -0.3 is 4.90 Å². The van der Waals surface area contributed by atoms with Gasteiger partial charge >= 0.3 is 0 Å². The number of carbonyl (C=O) groups excluding carboxylic acids is 1. The van der Waals surface area contributed by atoms with E-state index in [0.717, 1.165) is 0 Å². The molecule has 0 spiro atoms. The van der Waals surface area contributed by atoms with Crippen LogP contribution in [0.25, 0.3) is 0 Å². The van der Waals surface area contributed by atoms with Crippen LogP contribution in [0.3, 0.4) is 0 Å². The molecule has 1 aliphatic rings. The topological polar surface area (TPSA) is 20.3 Å². The van der Waals surface area contributed by atoms with Crippen LogP contribution in [0.2, 0.25) is 5.02 Å². The first-order valence-electron chi connectivity index (χ1n) is 4.94. The Labute approximate surface area is 103 Å². The van der Waals surface area contributed by atoms with E-state index in [0.29, 0.717) is 18.8 Å². The molecule has 16 heavy (non-hydrogen) atoms.